The van der Waals surface area contributed by atoms with E-state index in [-0.39, 0.29) is 28.0 Å². The lowest BCUT2D eigenvalue weighted by molar-refractivity contribution is -0.118. The molecule has 0 atom stereocenters. The number of nitrogens with zero attached hydrogens (tertiary/aromatic N) is 4. The van der Waals surface area contributed by atoms with Crippen LogP contribution in [-0.4, -0.2) is 37.7 Å². The Morgan fingerprint density at radius 2 is 1.91 bits per heavy atom. The number of aromatic nitrogens is 3. The van der Waals surface area contributed by atoms with Crippen molar-refractivity contribution in [2.24, 2.45) is 5.10 Å². The second kappa shape index (κ2) is 11.1. The fourth-order valence-electron chi connectivity index (χ4n) is 3.01. The van der Waals surface area contributed by atoms with Gasteiger partial charge in [-0.15, -0.1) is 10.2 Å². The molecular formula is C23H16BrCl2N5O2S. The highest BCUT2D eigenvalue weighted by Crippen LogP contribution is 2.30. The van der Waals surface area contributed by atoms with Gasteiger partial charge in [0.25, 0.3) is 5.91 Å². The predicted molar refractivity (Wildman–Crippen MR) is 139 cm³/mol. The van der Waals surface area contributed by atoms with Crippen molar-refractivity contribution >= 4 is 63.0 Å². The van der Waals surface area contributed by atoms with Gasteiger partial charge in [-0.2, -0.15) is 5.10 Å². The number of hydrogen-bond acceptors (Lipinski definition) is 6. The number of benzene rings is 3. The van der Waals surface area contributed by atoms with Crippen molar-refractivity contribution in [3.63, 3.8) is 0 Å². The first-order valence-electron chi connectivity index (χ1n) is 9.82. The van der Waals surface area contributed by atoms with Crippen molar-refractivity contribution in [3.05, 3.63) is 86.8 Å². The average molecular weight is 577 g/mol. The van der Waals surface area contributed by atoms with Crippen LogP contribution in [0.2, 0.25) is 10.0 Å². The Balaban J connectivity index is 1.50. The van der Waals surface area contributed by atoms with Gasteiger partial charge in [0, 0.05) is 26.3 Å². The van der Waals surface area contributed by atoms with Crippen molar-refractivity contribution < 1.29 is 9.90 Å². The van der Waals surface area contributed by atoms with Gasteiger partial charge in [-0.1, -0.05) is 81.2 Å². The molecule has 11 heteroatoms. The minimum atomic E-state index is -0.361. The minimum Gasteiger partial charge on any atom is -0.506 e. The molecule has 0 saturated carbocycles. The lowest BCUT2D eigenvalue weighted by Crippen LogP contribution is -2.20. The largest absolute Gasteiger partial charge is 0.506 e. The van der Waals surface area contributed by atoms with E-state index in [1.165, 1.54) is 30.1 Å². The monoisotopic (exact) mass is 575 g/mol. The first-order chi connectivity index (χ1) is 16.4. The van der Waals surface area contributed by atoms with Gasteiger partial charge in [-0.05, 0) is 36.4 Å². The SMILES string of the molecule is O=C(CSc1nnc(-c2cccc(Br)c2)n1-c1ccccc1)NN=Cc1cc(Cl)cc(Cl)c1O. The van der Waals surface area contributed by atoms with E-state index >= 15 is 0 Å². The number of amides is 1. The zero-order valence-corrected chi connectivity index (χ0v) is 21.2. The van der Waals surface area contributed by atoms with Crippen molar-refractivity contribution in [1.29, 1.82) is 0 Å². The number of phenolic OH excluding ortho intramolecular Hbond substituents is 1. The van der Waals surface area contributed by atoms with E-state index in [1.807, 2.05) is 59.2 Å². The molecule has 0 aliphatic heterocycles. The molecule has 7 nitrogen and oxygen atoms in total. The summed E-state index contributed by atoms with van der Waals surface area (Å²) in [6.07, 6.45) is 1.27. The van der Waals surface area contributed by atoms with Crippen LogP contribution in [-0.2, 0) is 4.79 Å². The molecule has 0 aliphatic rings. The summed E-state index contributed by atoms with van der Waals surface area (Å²) in [7, 11) is 0. The minimum absolute atomic E-state index is 0.0447. The number of carbonyl (C=O) groups is 1. The number of thioether (sulfide) groups is 1. The summed E-state index contributed by atoms with van der Waals surface area (Å²) in [5, 5.41) is 23.5. The molecule has 0 saturated heterocycles. The average Bonchev–Trinajstić information content (AvgIpc) is 3.25. The normalized spacial score (nSPS) is 11.1. The van der Waals surface area contributed by atoms with Crippen molar-refractivity contribution in [2.75, 3.05) is 5.75 Å². The highest BCUT2D eigenvalue weighted by atomic mass is 79.9. The Bertz CT molecular complexity index is 1360. The Labute approximate surface area is 217 Å². The van der Waals surface area contributed by atoms with Crippen LogP contribution in [0.1, 0.15) is 5.56 Å². The van der Waals surface area contributed by atoms with Crippen LogP contribution in [0.3, 0.4) is 0 Å². The van der Waals surface area contributed by atoms with Crippen LogP contribution in [0.15, 0.2) is 81.5 Å². The molecule has 0 unspecified atom stereocenters. The number of aromatic hydroxyl groups is 1. The van der Waals surface area contributed by atoms with Crippen LogP contribution in [0, 0.1) is 0 Å². The Kier molecular flexibility index (Phi) is 7.89. The van der Waals surface area contributed by atoms with Crippen LogP contribution in [0.5, 0.6) is 5.75 Å². The van der Waals surface area contributed by atoms with Crippen molar-refractivity contribution in [2.45, 2.75) is 5.16 Å². The van der Waals surface area contributed by atoms with Gasteiger partial charge in [0.05, 0.1) is 17.0 Å². The van der Waals surface area contributed by atoms with Crippen molar-refractivity contribution in [3.8, 4) is 22.8 Å². The molecule has 0 bridgehead atoms. The summed E-state index contributed by atoms with van der Waals surface area (Å²) in [5.41, 5.74) is 4.46. The predicted octanol–water partition coefficient (Wildman–Crippen LogP) is 5.95. The summed E-state index contributed by atoms with van der Waals surface area (Å²) in [6.45, 7) is 0. The quantitative estimate of drug-likeness (QED) is 0.161. The Morgan fingerprint density at radius 1 is 1.12 bits per heavy atom. The van der Waals surface area contributed by atoms with Gasteiger partial charge in [0.1, 0.15) is 5.75 Å². The first-order valence-corrected chi connectivity index (χ1v) is 12.4. The maximum atomic E-state index is 12.4. The maximum Gasteiger partial charge on any atom is 0.250 e. The second-order valence-electron chi connectivity index (χ2n) is 6.89. The molecule has 1 amide bonds. The van der Waals surface area contributed by atoms with E-state index in [0.29, 0.717) is 16.0 Å². The molecule has 1 heterocycles. The third-order valence-electron chi connectivity index (χ3n) is 4.51. The van der Waals surface area contributed by atoms with E-state index in [2.05, 4.69) is 36.7 Å². The van der Waals surface area contributed by atoms with E-state index in [9.17, 15) is 9.90 Å². The van der Waals surface area contributed by atoms with E-state index in [0.717, 1.165) is 15.7 Å². The highest BCUT2D eigenvalue weighted by Gasteiger charge is 2.17. The highest BCUT2D eigenvalue weighted by molar-refractivity contribution is 9.10. The van der Waals surface area contributed by atoms with E-state index in [1.54, 1.807) is 0 Å². The zero-order chi connectivity index (χ0) is 24.1. The molecule has 3 aromatic carbocycles. The fraction of sp³-hybridized carbons (Fsp3) is 0.0435. The number of hydrazone groups is 1. The van der Waals surface area contributed by atoms with Gasteiger partial charge < -0.3 is 5.11 Å². The molecule has 1 aromatic heterocycles. The van der Waals surface area contributed by atoms with Crippen LogP contribution in [0.25, 0.3) is 17.1 Å². The number of para-hydroxylation sites is 1. The van der Waals surface area contributed by atoms with Gasteiger partial charge in [-0.25, -0.2) is 5.43 Å². The van der Waals surface area contributed by atoms with Gasteiger partial charge in [0.15, 0.2) is 11.0 Å². The standard InChI is InChI=1S/C23H16BrCl2N5O2S/c24-16-6-4-5-14(9-16)22-29-30-23(31(22)18-7-2-1-3-8-18)34-13-20(32)28-27-12-15-10-17(25)11-19(26)21(15)33/h1-12,33H,13H2,(H,28,32). The summed E-state index contributed by atoms with van der Waals surface area (Å²) < 4.78 is 2.82. The van der Waals surface area contributed by atoms with Gasteiger partial charge in [-0.3, -0.25) is 9.36 Å². The molecule has 0 spiro atoms. The number of halogens is 3. The molecule has 2 N–H and O–H groups in total. The summed E-state index contributed by atoms with van der Waals surface area (Å²) in [4.78, 5) is 12.4. The summed E-state index contributed by atoms with van der Waals surface area (Å²) in [6, 6.07) is 20.3. The molecule has 0 radical (unpaired) electrons. The molecule has 4 aromatic rings. The zero-order valence-electron chi connectivity index (χ0n) is 17.3. The number of nitrogens with one attached hydrogen (secondary N) is 1. The number of hydrogen-bond donors (Lipinski definition) is 2. The maximum absolute atomic E-state index is 12.4. The molecular weight excluding hydrogens is 561 g/mol. The van der Waals surface area contributed by atoms with Gasteiger partial charge >= 0.3 is 0 Å². The second-order valence-corrected chi connectivity index (χ2v) is 9.60. The van der Waals surface area contributed by atoms with Crippen LogP contribution < -0.4 is 5.43 Å². The molecule has 4 rings (SSSR count). The fourth-order valence-corrected chi connectivity index (χ4v) is 4.66. The molecule has 0 aliphatic carbocycles. The summed E-state index contributed by atoms with van der Waals surface area (Å²) in [5.74, 6) is 0.167. The Morgan fingerprint density at radius 3 is 2.68 bits per heavy atom. The number of phenols is 1. The lowest BCUT2D eigenvalue weighted by Gasteiger charge is -2.10. The van der Waals surface area contributed by atoms with Crippen molar-refractivity contribution in [1.82, 2.24) is 20.2 Å². The third-order valence-corrected chi connectivity index (χ3v) is 6.44. The Hall–Kier alpha value is -2.85. The number of carbonyl (C=O) groups excluding carboxylic acids is 1. The van der Waals surface area contributed by atoms with Gasteiger partial charge in [0.2, 0.25) is 0 Å². The molecule has 34 heavy (non-hydrogen) atoms. The smallest absolute Gasteiger partial charge is 0.250 e. The molecule has 172 valence electrons. The molecule has 0 fully saturated rings. The van der Waals surface area contributed by atoms with Crippen LogP contribution in [0.4, 0.5) is 0 Å². The van der Waals surface area contributed by atoms with E-state index < -0.39 is 0 Å². The van der Waals surface area contributed by atoms with Crippen LogP contribution >= 0.6 is 50.9 Å². The third kappa shape index (κ3) is 5.79. The lowest BCUT2D eigenvalue weighted by atomic mass is 10.2. The topological polar surface area (TPSA) is 92.4 Å². The number of rotatable bonds is 7. The van der Waals surface area contributed by atoms with E-state index in [4.69, 9.17) is 23.2 Å². The first kappa shape index (κ1) is 24.3. The summed E-state index contributed by atoms with van der Waals surface area (Å²) >= 11 is 16.5.